The number of nitrogens with zero attached hydrogens (tertiary/aromatic N) is 2. The molecule has 2 heterocycles. The van der Waals surface area contributed by atoms with Gasteiger partial charge < -0.3 is 9.47 Å². The van der Waals surface area contributed by atoms with Gasteiger partial charge in [-0.3, -0.25) is 0 Å². The Kier molecular flexibility index (Phi) is 2.94. The molecular formula is C8H9IN2O2. The number of hydrogen-bond donors (Lipinski definition) is 0. The van der Waals surface area contributed by atoms with Gasteiger partial charge in [0.1, 0.15) is 12.4 Å². The van der Waals surface area contributed by atoms with Gasteiger partial charge in [-0.1, -0.05) is 0 Å². The summed E-state index contributed by atoms with van der Waals surface area (Å²) in [6.07, 6.45) is 4.33. The van der Waals surface area contributed by atoms with Gasteiger partial charge in [0.2, 0.25) is 5.88 Å². The molecular weight excluding hydrogens is 283 g/mol. The van der Waals surface area contributed by atoms with E-state index in [1.807, 2.05) is 0 Å². The van der Waals surface area contributed by atoms with Crippen molar-refractivity contribution in [1.82, 2.24) is 9.97 Å². The highest BCUT2D eigenvalue weighted by atomic mass is 127. The summed E-state index contributed by atoms with van der Waals surface area (Å²) in [5.74, 6) is 0.658. The van der Waals surface area contributed by atoms with Crippen molar-refractivity contribution in [3.63, 3.8) is 0 Å². The van der Waals surface area contributed by atoms with Crippen molar-refractivity contribution in [2.75, 3.05) is 13.2 Å². The Labute approximate surface area is 89.8 Å². The van der Waals surface area contributed by atoms with Gasteiger partial charge in [-0.05, 0) is 22.6 Å². The lowest BCUT2D eigenvalue weighted by molar-refractivity contribution is 0.137. The Bertz CT molecular complexity index is 289. The second-order valence-electron chi connectivity index (χ2n) is 2.78. The largest absolute Gasteiger partial charge is 0.471 e. The molecule has 0 saturated carbocycles. The summed E-state index contributed by atoms with van der Waals surface area (Å²) >= 11 is 2.16. The molecule has 1 aliphatic heterocycles. The molecule has 1 aromatic rings. The van der Waals surface area contributed by atoms with Gasteiger partial charge in [0.15, 0.2) is 0 Å². The Morgan fingerprint density at radius 1 is 1.62 bits per heavy atom. The van der Waals surface area contributed by atoms with E-state index in [-0.39, 0.29) is 6.10 Å². The molecule has 4 nitrogen and oxygen atoms in total. The molecule has 1 aromatic heterocycles. The minimum Gasteiger partial charge on any atom is -0.471 e. The van der Waals surface area contributed by atoms with Crippen LogP contribution >= 0.6 is 22.6 Å². The maximum absolute atomic E-state index is 5.62. The number of aromatic nitrogens is 2. The minimum absolute atomic E-state index is 0.156. The average Bonchev–Trinajstić information content (AvgIpc) is 2.61. The summed E-state index contributed by atoms with van der Waals surface area (Å²) in [5.41, 5.74) is 0. The van der Waals surface area contributed by atoms with E-state index in [4.69, 9.17) is 9.47 Å². The molecule has 0 aliphatic carbocycles. The maximum atomic E-state index is 5.62. The van der Waals surface area contributed by atoms with Crippen LogP contribution in [-0.2, 0) is 4.74 Å². The van der Waals surface area contributed by atoms with Crippen LogP contribution in [0.3, 0.4) is 0 Å². The highest BCUT2D eigenvalue weighted by Gasteiger charge is 2.18. The summed E-state index contributed by atoms with van der Waals surface area (Å²) < 4.78 is 11.8. The lowest BCUT2D eigenvalue weighted by Gasteiger charge is -2.10. The second-order valence-corrected chi connectivity index (χ2v) is 3.94. The van der Waals surface area contributed by atoms with Crippen molar-refractivity contribution in [2.24, 2.45) is 0 Å². The van der Waals surface area contributed by atoms with Crippen molar-refractivity contribution in [2.45, 2.75) is 12.5 Å². The molecule has 1 saturated heterocycles. The van der Waals surface area contributed by atoms with E-state index in [1.54, 1.807) is 6.20 Å². The van der Waals surface area contributed by atoms with Crippen LogP contribution in [0.4, 0.5) is 0 Å². The van der Waals surface area contributed by atoms with Gasteiger partial charge in [0.25, 0.3) is 0 Å². The molecule has 70 valence electrons. The van der Waals surface area contributed by atoms with E-state index in [1.165, 1.54) is 6.33 Å². The zero-order valence-electron chi connectivity index (χ0n) is 6.94. The first-order valence-electron chi connectivity index (χ1n) is 4.06. The van der Waals surface area contributed by atoms with E-state index >= 15 is 0 Å². The quantitative estimate of drug-likeness (QED) is 0.770. The van der Waals surface area contributed by atoms with E-state index in [9.17, 15) is 0 Å². The molecule has 1 fully saturated rings. The van der Waals surface area contributed by atoms with Gasteiger partial charge in [-0.2, -0.15) is 0 Å². The van der Waals surface area contributed by atoms with Crippen LogP contribution < -0.4 is 4.74 Å². The van der Waals surface area contributed by atoms with Crippen LogP contribution in [0.15, 0.2) is 12.5 Å². The smallest absolute Gasteiger partial charge is 0.230 e. The predicted octanol–water partition coefficient (Wildman–Crippen LogP) is 1.25. The maximum Gasteiger partial charge on any atom is 0.230 e. The SMILES string of the molecule is Ic1cncnc1OC1CCOC1. The normalized spacial score (nSPS) is 21.8. The Morgan fingerprint density at radius 3 is 3.23 bits per heavy atom. The van der Waals surface area contributed by atoms with Crippen molar-refractivity contribution in [3.8, 4) is 5.88 Å². The predicted molar refractivity (Wildman–Crippen MR) is 54.6 cm³/mol. The average molecular weight is 292 g/mol. The first-order valence-corrected chi connectivity index (χ1v) is 5.14. The van der Waals surface area contributed by atoms with Gasteiger partial charge >= 0.3 is 0 Å². The van der Waals surface area contributed by atoms with Crippen molar-refractivity contribution < 1.29 is 9.47 Å². The monoisotopic (exact) mass is 292 g/mol. The summed E-state index contributed by atoms with van der Waals surface area (Å²) in [7, 11) is 0. The van der Waals surface area contributed by atoms with Crippen LogP contribution in [0.5, 0.6) is 5.88 Å². The summed E-state index contributed by atoms with van der Waals surface area (Å²) in [6.45, 7) is 1.45. The van der Waals surface area contributed by atoms with Crippen LogP contribution in [0.25, 0.3) is 0 Å². The molecule has 0 amide bonds. The molecule has 0 aromatic carbocycles. The fourth-order valence-electron chi connectivity index (χ4n) is 1.15. The molecule has 1 unspecified atom stereocenters. The number of rotatable bonds is 2. The zero-order chi connectivity index (χ0) is 9.10. The topological polar surface area (TPSA) is 44.2 Å². The first-order chi connectivity index (χ1) is 6.36. The molecule has 2 rings (SSSR count). The molecule has 5 heteroatoms. The summed E-state index contributed by atoms with van der Waals surface area (Å²) in [6, 6.07) is 0. The van der Waals surface area contributed by atoms with Gasteiger partial charge in [0, 0.05) is 12.6 Å². The van der Waals surface area contributed by atoms with Crippen LogP contribution in [0.2, 0.25) is 0 Å². The Morgan fingerprint density at radius 2 is 2.54 bits per heavy atom. The summed E-state index contributed by atoms with van der Waals surface area (Å²) in [5, 5.41) is 0. The highest BCUT2D eigenvalue weighted by molar-refractivity contribution is 14.1. The van der Waals surface area contributed by atoms with E-state index in [0.717, 1.165) is 16.6 Å². The second kappa shape index (κ2) is 4.19. The van der Waals surface area contributed by atoms with Crippen molar-refractivity contribution in [1.29, 1.82) is 0 Å². The minimum atomic E-state index is 0.156. The fourth-order valence-corrected chi connectivity index (χ4v) is 1.58. The third-order valence-electron chi connectivity index (χ3n) is 1.80. The van der Waals surface area contributed by atoms with Gasteiger partial charge in [-0.15, -0.1) is 0 Å². The van der Waals surface area contributed by atoms with Gasteiger partial charge in [0.05, 0.1) is 16.8 Å². The lowest BCUT2D eigenvalue weighted by atomic mass is 10.3. The number of halogens is 1. The zero-order valence-corrected chi connectivity index (χ0v) is 9.10. The molecule has 0 N–H and O–H groups in total. The highest BCUT2D eigenvalue weighted by Crippen LogP contribution is 2.19. The Balaban J connectivity index is 2.04. The van der Waals surface area contributed by atoms with E-state index < -0.39 is 0 Å². The summed E-state index contributed by atoms with van der Waals surface area (Å²) in [4.78, 5) is 7.93. The first kappa shape index (κ1) is 9.14. The standard InChI is InChI=1S/C8H9IN2O2/c9-7-3-10-5-11-8(7)13-6-1-2-12-4-6/h3,5-6H,1-2,4H2. The van der Waals surface area contributed by atoms with Crippen LogP contribution in [-0.4, -0.2) is 29.3 Å². The lowest BCUT2D eigenvalue weighted by Crippen LogP contribution is -2.17. The molecule has 13 heavy (non-hydrogen) atoms. The van der Waals surface area contributed by atoms with Crippen molar-refractivity contribution in [3.05, 3.63) is 16.1 Å². The Hall–Kier alpha value is -0.430. The number of ether oxygens (including phenoxy) is 2. The molecule has 1 aliphatic rings. The fraction of sp³-hybridized carbons (Fsp3) is 0.500. The molecule has 0 spiro atoms. The van der Waals surface area contributed by atoms with Gasteiger partial charge in [-0.25, -0.2) is 9.97 Å². The third-order valence-corrected chi connectivity index (χ3v) is 2.54. The van der Waals surface area contributed by atoms with E-state index in [2.05, 4.69) is 32.6 Å². The van der Waals surface area contributed by atoms with Crippen LogP contribution in [0.1, 0.15) is 6.42 Å². The van der Waals surface area contributed by atoms with E-state index in [0.29, 0.717) is 12.5 Å². The third kappa shape index (κ3) is 2.28. The van der Waals surface area contributed by atoms with Crippen molar-refractivity contribution >= 4 is 22.6 Å². The molecule has 0 bridgehead atoms. The molecule has 0 radical (unpaired) electrons. The van der Waals surface area contributed by atoms with Crippen LogP contribution in [0, 0.1) is 3.57 Å². The molecule has 1 atom stereocenters. The number of hydrogen-bond acceptors (Lipinski definition) is 4.